The first kappa shape index (κ1) is 13.5. The number of aldehydes is 1. The standard InChI is InChI=1S/C14H22N2OS/c1-9(2)13-12(8-17)18-14(15-13)16-6-5-10(3)11(4)7-16/h8-11H,5-7H2,1-4H3. The first-order valence-electron chi connectivity index (χ1n) is 6.73. The monoisotopic (exact) mass is 266 g/mol. The van der Waals surface area contributed by atoms with Crippen molar-refractivity contribution >= 4 is 22.8 Å². The number of thiazole rings is 1. The Labute approximate surface area is 113 Å². The van der Waals surface area contributed by atoms with E-state index in [2.05, 4.69) is 37.6 Å². The molecule has 1 aliphatic heterocycles. The highest BCUT2D eigenvalue weighted by Gasteiger charge is 2.25. The summed E-state index contributed by atoms with van der Waals surface area (Å²) in [6.45, 7) is 10.9. The molecule has 0 radical (unpaired) electrons. The van der Waals surface area contributed by atoms with E-state index < -0.39 is 0 Å². The van der Waals surface area contributed by atoms with Gasteiger partial charge in [-0.05, 0) is 24.2 Å². The summed E-state index contributed by atoms with van der Waals surface area (Å²) < 4.78 is 0. The topological polar surface area (TPSA) is 33.2 Å². The molecule has 0 saturated carbocycles. The van der Waals surface area contributed by atoms with Gasteiger partial charge in [-0.15, -0.1) is 0 Å². The molecule has 4 heteroatoms. The van der Waals surface area contributed by atoms with Crippen molar-refractivity contribution in [2.75, 3.05) is 18.0 Å². The minimum absolute atomic E-state index is 0.316. The molecule has 1 saturated heterocycles. The average molecular weight is 266 g/mol. The van der Waals surface area contributed by atoms with Gasteiger partial charge in [-0.3, -0.25) is 4.79 Å². The van der Waals surface area contributed by atoms with E-state index >= 15 is 0 Å². The number of nitrogens with zero attached hydrogens (tertiary/aromatic N) is 2. The Kier molecular flexibility index (Phi) is 4.05. The highest BCUT2D eigenvalue weighted by Crippen LogP contribution is 2.33. The molecule has 0 bridgehead atoms. The van der Waals surface area contributed by atoms with Gasteiger partial charge in [-0.1, -0.05) is 39.0 Å². The fraction of sp³-hybridized carbons (Fsp3) is 0.714. The number of anilines is 1. The van der Waals surface area contributed by atoms with E-state index in [0.29, 0.717) is 11.8 Å². The number of hydrogen-bond acceptors (Lipinski definition) is 4. The maximum Gasteiger partial charge on any atom is 0.186 e. The van der Waals surface area contributed by atoms with Gasteiger partial charge in [-0.25, -0.2) is 4.98 Å². The molecule has 1 aromatic rings. The molecule has 2 rings (SSSR count). The van der Waals surface area contributed by atoms with Gasteiger partial charge in [0.1, 0.15) is 0 Å². The predicted molar refractivity (Wildman–Crippen MR) is 76.7 cm³/mol. The summed E-state index contributed by atoms with van der Waals surface area (Å²) in [6, 6.07) is 0. The molecule has 3 nitrogen and oxygen atoms in total. The van der Waals surface area contributed by atoms with Crippen LogP contribution >= 0.6 is 11.3 Å². The zero-order valence-corrected chi connectivity index (χ0v) is 12.5. The number of hydrogen-bond donors (Lipinski definition) is 0. The van der Waals surface area contributed by atoms with E-state index in [1.54, 1.807) is 11.3 Å². The van der Waals surface area contributed by atoms with Crippen LogP contribution in [-0.4, -0.2) is 24.4 Å². The Morgan fingerprint density at radius 1 is 1.39 bits per heavy atom. The summed E-state index contributed by atoms with van der Waals surface area (Å²) in [7, 11) is 0. The highest BCUT2D eigenvalue weighted by atomic mass is 32.1. The van der Waals surface area contributed by atoms with Crippen LogP contribution in [0.5, 0.6) is 0 Å². The van der Waals surface area contributed by atoms with E-state index in [9.17, 15) is 4.79 Å². The summed E-state index contributed by atoms with van der Waals surface area (Å²) in [6.07, 6.45) is 2.17. The third kappa shape index (κ3) is 2.58. The van der Waals surface area contributed by atoms with E-state index in [1.807, 2.05) is 0 Å². The molecule has 0 N–H and O–H groups in total. The van der Waals surface area contributed by atoms with Gasteiger partial charge in [0.05, 0.1) is 10.6 Å². The van der Waals surface area contributed by atoms with Crippen molar-refractivity contribution in [1.29, 1.82) is 0 Å². The zero-order valence-electron chi connectivity index (χ0n) is 11.6. The number of piperidine rings is 1. The molecular weight excluding hydrogens is 244 g/mol. The molecule has 2 atom stereocenters. The second-order valence-electron chi connectivity index (χ2n) is 5.71. The summed E-state index contributed by atoms with van der Waals surface area (Å²) in [5.74, 6) is 1.80. The number of rotatable bonds is 3. The Morgan fingerprint density at radius 3 is 2.61 bits per heavy atom. The fourth-order valence-electron chi connectivity index (χ4n) is 2.40. The molecule has 0 aliphatic carbocycles. The Morgan fingerprint density at radius 2 is 2.11 bits per heavy atom. The molecular formula is C14H22N2OS. The Hall–Kier alpha value is -0.900. The van der Waals surface area contributed by atoms with Crippen LogP contribution in [0, 0.1) is 11.8 Å². The summed E-state index contributed by atoms with van der Waals surface area (Å²) >= 11 is 1.54. The highest BCUT2D eigenvalue weighted by molar-refractivity contribution is 7.17. The maximum absolute atomic E-state index is 11.1. The lowest BCUT2D eigenvalue weighted by Crippen LogP contribution is -2.38. The van der Waals surface area contributed by atoms with Gasteiger partial charge >= 0.3 is 0 Å². The summed E-state index contributed by atoms with van der Waals surface area (Å²) in [5, 5.41) is 1.03. The van der Waals surface area contributed by atoms with Crippen molar-refractivity contribution in [3.05, 3.63) is 10.6 Å². The first-order chi connectivity index (χ1) is 8.52. The summed E-state index contributed by atoms with van der Waals surface area (Å²) in [4.78, 5) is 18.9. The zero-order chi connectivity index (χ0) is 13.3. The third-order valence-corrected chi connectivity index (χ3v) is 4.99. The van der Waals surface area contributed by atoms with Crippen molar-refractivity contribution in [2.24, 2.45) is 11.8 Å². The lowest BCUT2D eigenvalue weighted by molar-refractivity contribution is 0.112. The minimum Gasteiger partial charge on any atom is -0.348 e. The van der Waals surface area contributed by atoms with Crippen molar-refractivity contribution in [3.8, 4) is 0 Å². The van der Waals surface area contributed by atoms with Crippen LogP contribution in [-0.2, 0) is 0 Å². The quantitative estimate of drug-likeness (QED) is 0.784. The molecule has 1 fully saturated rings. The summed E-state index contributed by atoms with van der Waals surface area (Å²) in [5.41, 5.74) is 0.955. The molecule has 100 valence electrons. The van der Waals surface area contributed by atoms with Crippen LogP contribution in [0.15, 0.2) is 0 Å². The smallest absolute Gasteiger partial charge is 0.186 e. The van der Waals surface area contributed by atoms with Gasteiger partial charge in [-0.2, -0.15) is 0 Å². The van der Waals surface area contributed by atoms with Crippen molar-refractivity contribution < 1.29 is 4.79 Å². The van der Waals surface area contributed by atoms with Gasteiger partial charge in [0.2, 0.25) is 0 Å². The van der Waals surface area contributed by atoms with Gasteiger partial charge in [0.15, 0.2) is 11.4 Å². The van der Waals surface area contributed by atoms with Gasteiger partial charge < -0.3 is 4.90 Å². The van der Waals surface area contributed by atoms with E-state index in [4.69, 9.17) is 0 Å². The largest absolute Gasteiger partial charge is 0.348 e. The molecule has 0 amide bonds. The van der Waals surface area contributed by atoms with Gasteiger partial charge in [0, 0.05) is 13.1 Å². The molecule has 0 spiro atoms. The van der Waals surface area contributed by atoms with Crippen LogP contribution in [0.4, 0.5) is 5.13 Å². The van der Waals surface area contributed by atoms with Crippen molar-refractivity contribution in [1.82, 2.24) is 4.98 Å². The van der Waals surface area contributed by atoms with E-state index in [1.165, 1.54) is 6.42 Å². The number of aromatic nitrogens is 1. The average Bonchev–Trinajstić information content (AvgIpc) is 2.77. The number of carbonyl (C=O) groups excluding carboxylic acids is 1. The molecule has 2 unspecified atom stereocenters. The first-order valence-corrected chi connectivity index (χ1v) is 7.55. The molecule has 0 aromatic carbocycles. The second kappa shape index (κ2) is 5.39. The Bertz CT molecular complexity index is 427. The third-order valence-electron chi connectivity index (χ3n) is 3.93. The van der Waals surface area contributed by atoms with Crippen molar-refractivity contribution in [2.45, 2.75) is 40.0 Å². The van der Waals surface area contributed by atoms with Crippen LogP contribution in [0.2, 0.25) is 0 Å². The van der Waals surface area contributed by atoms with Gasteiger partial charge in [0.25, 0.3) is 0 Å². The molecule has 18 heavy (non-hydrogen) atoms. The van der Waals surface area contributed by atoms with Crippen LogP contribution in [0.25, 0.3) is 0 Å². The Balaban J connectivity index is 2.21. The SMILES string of the molecule is CC(C)c1nc(N2CCC(C)C(C)C2)sc1C=O. The van der Waals surface area contributed by atoms with Crippen LogP contribution in [0.3, 0.4) is 0 Å². The second-order valence-corrected chi connectivity index (χ2v) is 6.72. The van der Waals surface area contributed by atoms with Crippen LogP contribution in [0.1, 0.15) is 55.4 Å². The fourth-order valence-corrected chi connectivity index (χ4v) is 3.47. The molecule has 1 aromatic heterocycles. The maximum atomic E-state index is 11.1. The van der Waals surface area contributed by atoms with E-state index in [0.717, 1.165) is 41.0 Å². The predicted octanol–water partition coefficient (Wildman–Crippen LogP) is 3.56. The number of carbonyl (C=O) groups is 1. The molecule has 2 heterocycles. The minimum atomic E-state index is 0.316. The van der Waals surface area contributed by atoms with E-state index in [-0.39, 0.29) is 0 Å². The lowest BCUT2D eigenvalue weighted by atomic mass is 9.89. The molecule has 1 aliphatic rings. The van der Waals surface area contributed by atoms with Crippen molar-refractivity contribution in [3.63, 3.8) is 0 Å². The lowest BCUT2D eigenvalue weighted by Gasteiger charge is -2.35. The van der Waals surface area contributed by atoms with Crippen LogP contribution < -0.4 is 4.90 Å². The normalized spacial score (nSPS) is 24.6.